The van der Waals surface area contributed by atoms with Crippen molar-refractivity contribution < 1.29 is 14.3 Å². The molecule has 4 aromatic rings. The van der Waals surface area contributed by atoms with Gasteiger partial charge in [0.05, 0.1) is 7.11 Å². The third-order valence-corrected chi connectivity index (χ3v) is 5.65. The van der Waals surface area contributed by atoms with Crippen molar-refractivity contribution in [3.63, 3.8) is 0 Å². The number of hydrogen-bond donors (Lipinski definition) is 1. The second-order valence-corrected chi connectivity index (χ2v) is 7.72. The summed E-state index contributed by atoms with van der Waals surface area (Å²) in [6.07, 6.45) is 0. The predicted molar refractivity (Wildman–Crippen MR) is 130 cm³/mol. The van der Waals surface area contributed by atoms with Crippen molar-refractivity contribution in [1.29, 1.82) is 0 Å². The molecule has 4 nitrogen and oxygen atoms in total. The number of rotatable bonds is 7. The molecule has 0 saturated heterocycles. The van der Waals surface area contributed by atoms with Crippen LogP contribution in [0.1, 0.15) is 27.4 Å². The van der Waals surface area contributed by atoms with E-state index in [1.165, 1.54) is 7.11 Å². The summed E-state index contributed by atoms with van der Waals surface area (Å²) in [5.74, 6) is -1.23. The van der Waals surface area contributed by atoms with Crippen molar-refractivity contribution in [3.05, 3.63) is 132 Å². The van der Waals surface area contributed by atoms with Gasteiger partial charge in [-0.25, -0.2) is 4.79 Å². The van der Waals surface area contributed by atoms with Crippen LogP contribution in [-0.2, 0) is 9.53 Å². The number of esters is 1. The molecule has 164 valence electrons. The minimum Gasteiger partial charge on any atom is -0.467 e. The van der Waals surface area contributed by atoms with E-state index >= 15 is 0 Å². The molecule has 0 saturated carbocycles. The molecule has 0 aliphatic heterocycles. The van der Waals surface area contributed by atoms with E-state index in [0.29, 0.717) is 5.56 Å². The fourth-order valence-electron chi connectivity index (χ4n) is 3.97. The standard InChI is InChI=1S/C29H25NO3/c1-33-29(32)27(26(23-13-7-3-8-14-23)24-15-9-4-10-16-24)30-28(31)25-19-17-22(18-20-25)21-11-5-2-6-12-21/h2-20,26-27H,1H3,(H,30,31)/t27-/m1/s1. The van der Waals surface area contributed by atoms with E-state index in [-0.39, 0.29) is 5.91 Å². The van der Waals surface area contributed by atoms with Crippen molar-refractivity contribution in [2.24, 2.45) is 0 Å². The summed E-state index contributed by atoms with van der Waals surface area (Å²) < 4.78 is 5.10. The highest BCUT2D eigenvalue weighted by Crippen LogP contribution is 2.29. The highest BCUT2D eigenvalue weighted by molar-refractivity contribution is 5.97. The quantitative estimate of drug-likeness (QED) is 0.392. The van der Waals surface area contributed by atoms with Gasteiger partial charge in [-0.2, -0.15) is 0 Å². The number of nitrogens with one attached hydrogen (secondary N) is 1. The van der Waals surface area contributed by atoms with Gasteiger partial charge in [-0.1, -0.05) is 103 Å². The fraction of sp³-hybridized carbons (Fsp3) is 0.103. The number of benzene rings is 4. The van der Waals surface area contributed by atoms with Gasteiger partial charge in [-0.15, -0.1) is 0 Å². The van der Waals surface area contributed by atoms with E-state index in [4.69, 9.17) is 4.74 Å². The Bertz CT molecular complexity index is 1150. The van der Waals surface area contributed by atoms with Gasteiger partial charge >= 0.3 is 5.97 Å². The summed E-state index contributed by atoms with van der Waals surface area (Å²) in [4.78, 5) is 26.0. The van der Waals surface area contributed by atoms with Crippen LogP contribution in [0.15, 0.2) is 115 Å². The SMILES string of the molecule is COC(=O)[C@H](NC(=O)c1ccc(-c2ccccc2)cc1)C(c1ccccc1)c1ccccc1. The second-order valence-electron chi connectivity index (χ2n) is 7.72. The van der Waals surface area contributed by atoms with Gasteiger partial charge in [0, 0.05) is 11.5 Å². The number of ether oxygens (including phenoxy) is 1. The van der Waals surface area contributed by atoms with Crippen LogP contribution in [0.2, 0.25) is 0 Å². The van der Waals surface area contributed by atoms with E-state index in [0.717, 1.165) is 22.3 Å². The molecular weight excluding hydrogens is 410 g/mol. The molecule has 0 bridgehead atoms. The van der Waals surface area contributed by atoms with Crippen molar-refractivity contribution >= 4 is 11.9 Å². The van der Waals surface area contributed by atoms with Gasteiger partial charge < -0.3 is 10.1 Å². The lowest BCUT2D eigenvalue weighted by Crippen LogP contribution is -2.46. The summed E-state index contributed by atoms with van der Waals surface area (Å²) in [6.45, 7) is 0. The Morgan fingerprint density at radius 3 is 1.58 bits per heavy atom. The first-order valence-corrected chi connectivity index (χ1v) is 10.8. The maximum absolute atomic E-state index is 13.2. The van der Waals surface area contributed by atoms with Crippen LogP contribution in [0.3, 0.4) is 0 Å². The zero-order valence-electron chi connectivity index (χ0n) is 18.3. The van der Waals surface area contributed by atoms with Crippen LogP contribution in [0, 0.1) is 0 Å². The van der Waals surface area contributed by atoms with E-state index in [1.54, 1.807) is 12.1 Å². The molecule has 0 aromatic heterocycles. The maximum Gasteiger partial charge on any atom is 0.329 e. The average molecular weight is 436 g/mol. The second kappa shape index (κ2) is 10.4. The smallest absolute Gasteiger partial charge is 0.329 e. The summed E-state index contributed by atoms with van der Waals surface area (Å²) in [6, 6.07) is 35.8. The zero-order valence-corrected chi connectivity index (χ0v) is 18.3. The Balaban J connectivity index is 1.64. The molecule has 1 amide bonds. The van der Waals surface area contributed by atoms with E-state index in [2.05, 4.69) is 5.32 Å². The Hall–Kier alpha value is -4.18. The largest absolute Gasteiger partial charge is 0.467 e. The molecule has 0 radical (unpaired) electrons. The van der Waals surface area contributed by atoms with Crippen LogP contribution < -0.4 is 5.32 Å². The minimum atomic E-state index is -0.888. The van der Waals surface area contributed by atoms with Crippen LogP contribution in [0.5, 0.6) is 0 Å². The maximum atomic E-state index is 13.2. The Morgan fingerprint density at radius 1 is 0.636 bits per heavy atom. The fourth-order valence-corrected chi connectivity index (χ4v) is 3.97. The van der Waals surface area contributed by atoms with E-state index in [9.17, 15) is 9.59 Å². The number of carbonyl (C=O) groups is 2. The van der Waals surface area contributed by atoms with Crippen molar-refractivity contribution in [1.82, 2.24) is 5.32 Å². The summed E-state index contributed by atoms with van der Waals surface area (Å²) >= 11 is 0. The topological polar surface area (TPSA) is 55.4 Å². The predicted octanol–water partition coefficient (Wildman–Crippen LogP) is 5.46. The minimum absolute atomic E-state index is 0.332. The van der Waals surface area contributed by atoms with Crippen molar-refractivity contribution in [3.8, 4) is 11.1 Å². The number of carbonyl (C=O) groups excluding carboxylic acids is 2. The lowest BCUT2D eigenvalue weighted by atomic mass is 9.84. The average Bonchev–Trinajstić information content (AvgIpc) is 2.89. The van der Waals surface area contributed by atoms with Gasteiger partial charge in [0.15, 0.2) is 0 Å². The van der Waals surface area contributed by atoms with Gasteiger partial charge in [-0.05, 0) is 34.4 Å². The molecule has 0 heterocycles. The first-order chi connectivity index (χ1) is 16.2. The summed E-state index contributed by atoms with van der Waals surface area (Å²) in [7, 11) is 1.34. The number of amides is 1. The van der Waals surface area contributed by atoms with Crippen molar-refractivity contribution in [2.75, 3.05) is 7.11 Å². The van der Waals surface area contributed by atoms with E-state index < -0.39 is 17.9 Å². The molecule has 0 unspecified atom stereocenters. The molecule has 1 N–H and O–H groups in total. The van der Waals surface area contributed by atoms with Gasteiger partial charge in [-0.3, -0.25) is 4.79 Å². The lowest BCUT2D eigenvalue weighted by molar-refractivity contribution is -0.143. The molecular formula is C29H25NO3. The molecule has 4 aromatic carbocycles. The molecule has 4 rings (SSSR count). The lowest BCUT2D eigenvalue weighted by Gasteiger charge is -2.27. The molecule has 0 fully saturated rings. The molecule has 33 heavy (non-hydrogen) atoms. The molecule has 1 atom stereocenters. The molecule has 4 heteroatoms. The van der Waals surface area contributed by atoms with Crippen LogP contribution in [-0.4, -0.2) is 25.0 Å². The molecule has 0 spiro atoms. The molecule has 0 aliphatic rings. The normalized spacial score (nSPS) is 11.6. The van der Waals surface area contributed by atoms with Gasteiger partial charge in [0.2, 0.25) is 0 Å². The summed E-state index contributed by atoms with van der Waals surface area (Å²) in [5, 5.41) is 2.93. The monoisotopic (exact) mass is 435 g/mol. The highest BCUT2D eigenvalue weighted by atomic mass is 16.5. The van der Waals surface area contributed by atoms with E-state index in [1.807, 2.05) is 103 Å². The zero-order chi connectivity index (χ0) is 23.0. The number of methoxy groups -OCH3 is 1. The van der Waals surface area contributed by atoms with Crippen LogP contribution >= 0.6 is 0 Å². The number of hydrogen-bond acceptors (Lipinski definition) is 3. The highest BCUT2D eigenvalue weighted by Gasteiger charge is 2.33. The van der Waals surface area contributed by atoms with Gasteiger partial charge in [0.25, 0.3) is 5.91 Å². The third-order valence-electron chi connectivity index (χ3n) is 5.65. The Kier molecular flexibility index (Phi) is 6.96. The van der Waals surface area contributed by atoms with Crippen LogP contribution in [0.4, 0.5) is 0 Å². The Morgan fingerprint density at radius 2 is 1.09 bits per heavy atom. The molecule has 0 aliphatic carbocycles. The van der Waals surface area contributed by atoms with Crippen molar-refractivity contribution in [2.45, 2.75) is 12.0 Å². The Labute approximate surface area is 193 Å². The first kappa shape index (κ1) is 22.0. The third kappa shape index (κ3) is 5.18. The van der Waals surface area contributed by atoms with Gasteiger partial charge in [0.1, 0.15) is 6.04 Å². The summed E-state index contributed by atoms with van der Waals surface area (Å²) in [5.41, 5.74) is 4.40. The van der Waals surface area contributed by atoms with Crippen LogP contribution in [0.25, 0.3) is 11.1 Å². The first-order valence-electron chi connectivity index (χ1n) is 10.8.